The zero-order valence-electron chi connectivity index (χ0n) is 11.2. The minimum absolute atomic E-state index is 0.823. The Kier molecular flexibility index (Phi) is 2.53. The predicted molar refractivity (Wildman–Crippen MR) is 86.6 cm³/mol. The van der Waals surface area contributed by atoms with Crippen molar-refractivity contribution in [3.8, 4) is 0 Å². The van der Waals surface area contributed by atoms with E-state index in [0.29, 0.717) is 0 Å². The van der Waals surface area contributed by atoms with Gasteiger partial charge in [0.2, 0.25) is 0 Å². The average Bonchev–Trinajstić information content (AvgIpc) is 2.36. The Bertz CT molecular complexity index is 644. The molecule has 0 unspecified atom stereocenters. The van der Waals surface area contributed by atoms with Crippen LogP contribution >= 0.6 is 0 Å². The first kappa shape index (κ1) is 12.3. The summed E-state index contributed by atoms with van der Waals surface area (Å²) in [5.74, 6) is 4.72. The molecule has 0 spiro atoms. The molecule has 0 aliphatic carbocycles. The van der Waals surface area contributed by atoms with Crippen molar-refractivity contribution in [1.82, 2.24) is 0 Å². The van der Waals surface area contributed by atoms with Crippen LogP contribution in [0.4, 0.5) is 11.4 Å². The van der Waals surface area contributed by atoms with Crippen LogP contribution in [0, 0.1) is 0 Å². The van der Waals surface area contributed by atoms with Crippen LogP contribution in [0.15, 0.2) is 43.0 Å². The number of fused-ring (bicyclic) bond motifs is 2. The Hall–Kier alpha value is -1.70. The van der Waals surface area contributed by atoms with E-state index in [2.05, 4.69) is 42.5 Å². The van der Waals surface area contributed by atoms with Crippen molar-refractivity contribution in [3.63, 3.8) is 0 Å². The molecule has 2 aromatic carbocycles. The van der Waals surface area contributed by atoms with Gasteiger partial charge in [0.05, 0.1) is 0 Å². The molecule has 0 atom stereocenters. The van der Waals surface area contributed by atoms with Gasteiger partial charge in [0.15, 0.2) is 0 Å². The Morgan fingerprint density at radius 2 is 1.26 bits per heavy atom. The maximum atomic E-state index is 5.97. The van der Waals surface area contributed by atoms with Crippen LogP contribution in [-0.4, -0.2) is 12.8 Å². The van der Waals surface area contributed by atoms with Crippen LogP contribution in [0.25, 0.3) is 5.57 Å². The number of hydrogen-bond acceptors (Lipinski definition) is 2. The summed E-state index contributed by atoms with van der Waals surface area (Å²) in [5, 5.41) is 0. The molecule has 0 saturated heterocycles. The van der Waals surface area contributed by atoms with Gasteiger partial charge in [-0.15, -0.1) is 0 Å². The minimum atomic E-state index is -1.96. The summed E-state index contributed by atoms with van der Waals surface area (Å²) in [7, 11) is 0. The fraction of sp³-hybridized carbons (Fsp3) is 0.125. The molecule has 2 aromatic rings. The zero-order chi connectivity index (χ0) is 13.8. The van der Waals surface area contributed by atoms with Gasteiger partial charge < -0.3 is 0 Å². The summed E-state index contributed by atoms with van der Waals surface area (Å²) in [6.07, 6.45) is 0. The fourth-order valence-electron chi connectivity index (χ4n) is 2.68. The Balaban J connectivity index is 2.36. The van der Waals surface area contributed by atoms with E-state index in [1.165, 1.54) is 20.1 Å². The molecule has 0 fully saturated rings. The number of hydrogen-bond donors (Lipinski definition) is 2. The molecule has 0 radical (unpaired) electrons. The van der Waals surface area contributed by atoms with Gasteiger partial charge in [0.25, 0.3) is 0 Å². The first-order valence-electron chi connectivity index (χ1n) is 6.13. The molecule has 4 N–H and O–H groups in total. The van der Waals surface area contributed by atoms with Gasteiger partial charge in [0.1, 0.15) is 0 Å². The van der Waals surface area contributed by atoms with Crippen LogP contribution in [0.2, 0.25) is 11.6 Å². The molecule has 98 valence electrons. The summed E-state index contributed by atoms with van der Waals surface area (Å²) in [5.41, 5.74) is 17.2. The molecule has 0 amide bonds. The third-order valence-electron chi connectivity index (χ3n) is 3.76. The Morgan fingerprint density at radius 1 is 0.842 bits per heavy atom. The summed E-state index contributed by atoms with van der Waals surface area (Å²) in [6, 6.07) is 12.4. The third-order valence-corrected chi connectivity index (χ3v) is 9.79. The second-order valence-electron chi connectivity index (χ2n) is 5.32. The van der Waals surface area contributed by atoms with Crippen molar-refractivity contribution in [2.45, 2.75) is 11.6 Å². The number of rotatable bonds is 0. The van der Waals surface area contributed by atoms with Crippen LogP contribution < -0.4 is 20.4 Å². The van der Waals surface area contributed by atoms with E-state index in [4.69, 9.17) is 11.5 Å². The normalized spacial score (nSPS) is 17.5. The van der Waals surface area contributed by atoms with Crippen LogP contribution in [0.3, 0.4) is 0 Å². The molecule has 3 rings (SSSR count). The molecule has 1 aliphatic heterocycles. The average molecular weight is 317 g/mol. The second-order valence-corrected chi connectivity index (χ2v) is 12.7. The van der Waals surface area contributed by atoms with E-state index in [-0.39, 0.29) is 0 Å². The summed E-state index contributed by atoms with van der Waals surface area (Å²) < 4.78 is 2.75. The van der Waals surface area contributed by atoms with Gasteiger partial charge in [-0.2, -0.15) is 0 Å². The zero-order valence-corrected chi connectivity index (χ0v) is 12.9. The molecule has 0 aromatic heterocycles. The summed E-state index contributed by atoms with van der Waals surface area (Å²) in [6.45, 7) is 4.27. The van der Waals surface area contributed by atoms with Crippen molar-refractivity contribution >= 4 is 38.7 Å². The molecular weight excluding hydrogens is 299 g/mol. The Morgan fingerprint density at radius 3 is 1.68 bits per heavy atom. The molecular formula is C16H18N2Se. The molecule has 0 bridgehead atoms. The molecule has 2 nitrogen and oxygen atoms in total. The van der Waals surface area contributed by atoms with Gasteiger partial charge >= 0.3 is 116 Å². The van der Waals surface area contributed by atoms with E-state index < -0.39 is 12.8 Å². The fourth-order valence-corrected chi connectivity index (χ4v) is 8.10. The molecule has 0 saturated carbocycles. The number of benzene rings is 2. The van der Waals surface area contributed by atoms with E-state index >= 15 is 0 Å². The SMILES string of the molecule is C=C1c2ccc(N)cc2[Se](C)(C)c2cc(N)ccc21. The van der Waals surface area contributed by atoms with Gasteiger partial charge in [-0.25, -0.2) is 0 Å². The van der Waals surface area contributed by atoms with Gasteiger partial charge in [-0.1, -0.05) is 0 Å². The monoisotopic (exact) mass is 318 g/mol. The standard InChI is InChI=1S/C16H18N2Se/c1-10-13-6-4-11(17)8-15(13)19(2,3)16-9-12(18)5-7-14(10)16/h4-9H,1,17-18H2,2-3H3. The third kappa shape index (κ3) is 1.70. The number of nitrogen functional groups attached to an aromatic ring is 2. The Labute approximate surface area is 116 Å². The van der Waals surface area contributed by atoms with Crippen molar-refractivity contribution in [3.05, 3.63) is 54.1 Å². The van der Waals surface area contributed by atoms with E-state index in [9.17, 15) is 0 Å². The van der Waals surface area contributed by atoms with E-state index in [1.54, 1.807) is 0 Å². The van der Waals surface area contributed by atoms with Crippen molar-refractivity contribution < 1.29 is 0 Å². The predicted octanol–water partition coefficient (Wildman–Crippen LogP) is 2.05. The number of anilines is 2. The maximum absolute atomic E-state index is 5.97. The second kappa shape index (κ2) is 3.89. The van der Waals surface area contributed by atoms with Gasteiger partial charge in [-0.05, 0) is 0 Å². The van der Waals surface area contributed by atoms with Crippen LogP contribution in [-0.2, 0) is 0 Å². The quantitative estimate of drug-likeness (QED) is 0.577. The molecule has 1 aliphatic rings. The topological polar surface area (TPSA) is 52.0 Å². The van der Waals surface area contributed by atoms with E-state index in [1.807, 2.05) is 12.1 Å². The van der Waals surface area contributed by atoms with E-state index in [0.717, 1.165) is 16.9 Å². The first-order chi connectivity index (χ1) is 8.91. The summed E-state index contributed by atoms with van der Waals surface area (Å²) >= 11 is -1.96. The van der Waals surface area contributed by atoms with Crippen molar-refractivity contribution in [2.24, 2.45) is 0 Å². The van der Waals surface area contributed by atoms with Crippen LogP contribution in [0.1, 0.15) is 11.1 Å². The van der Waals surface area contributed by atoms with Crippen LogP contribution in [0.5, 0.6) is 0 Å². The molecule has 1 heterocycles. The number of nitrogens with two attached hydrogens (primary N) is 2. The first-order valence-corrected chi connectivity index (χ1v) is 11.3. The van der Waals surface area contributed by atoms with Gasteiger partial charge in [0, 0.05) is 0 Å². The van der Waals surface area contributed by atoms with Crippen molar-refractivity contribution in [2.75, 3.05) is 11.5 Å². The summed E-state index contributed by atoms with van der Waals surface area (Å²) in [4.78, 5) is 0. The van der Waals surface area contributed by atoms with Gasteiger partial charge in [-0.3, -0.25) is 0 Å². The van der Waals surface area contributed by atoms with Crippen molar-refractivity contribution in [1.29, 1.82) is 0 Å². The molecule has 19 heavy (non-hydrogen) atoms. The molecule has 3 heteroatoms.